The number of alkyl carbamates (subject to hydrolysis) is 1. The molecule has 0 saturated heterocycles. The molecule has 0 saturated carbocycles. The molecule has 3 nitrogen and oxygen atoms in total. The van der Waals surface area contributed by atoms with Crippen LogP contribution in [0.2, 0.25) is 0 Å². The van der Waals surface area contributed by atoms with E-state index in [0.717, 1.165) is 0 Å². The van der Waals surface area contributed by atoms with Gasteiger partial charge in [0.05, 0.1) is 17.7 Å². The molecule has 0 aromatic heterocycles. The van der Waals surface area contributed by atoms with Gasteiger partial charge < -0.3 is 10.1 Å². The Kier molecular flexibility index (Phi) is 6.00. The van der Waals surface area contributed by atoms with Gasteiger partial charge in [0, 0.05) is 5.56 Å². The molecule has 0 radical (unpaired) electrons. The molecule has 0 heterocycles. The summed E-state index contributed by atoms with van der Waals surface area (Å²) < 4.78 is 82.4. The average Bonchev–Trinajstić information content (AvgIpc) is 2.39. The molecule has 1 amide bonds. The number of hydrogen-bond donors (Lipinski definition) is 1. The molecule has 0 fully saturated rings. The highest BCUT2D eigenvalue weighted by atomic mass is 19.4. The van der Waals surface area contributed by atoms with Crippen LogP contribution < -0.4 is 5.32 Å². The second-order valence-electron chi connectivity index (χ2n) is 5.88. The second-order valence-corrected chi connectivity index (χ2v) is 5.88. The van der Waals surface area contributed by atoms with Crippen molar-refractivity contribution in [2.45, 2.75) is 38.7 Å². The standard InChI is InChI=1S/C16H15F6NO2/c1-14(2,3)25-13(24)23-9-5-6-10-11(15(17,18)19)7-4-8-12(10)16(20,21)22/h4,7-8H,9H2,1-3H3,(H,23,24). The smallest absolute Gasteiger partial charge is 0.417 e. The zero-order valence-electron chi connectivity index (χ0n) is 13.5. The molecule has 25 heavy (non-hydrogen) atoms. The lowest BCUT2D eigenvalue weighted by Crippen LogP contribution is -2.32. The third-order valence-electron chi connectivity index (χ3n) is 2.61. The predicted molar refractivity (Wildman–Crippen MR) is 77.6 cm³/mol. The zero-order valence-corrected chi connectivity index (χ0v) is 13.5. The van der Waals surface area contributed by atoms with E-state index in [-0.39, 0.29) is 0 Å². The summed E-state index contributed by atoms with van der Waals surface area (Å²) in [4.78, 5) is 11.4. The molecule has 0 spiro atoms. The minimum atomic E-state index is -5.00. The highest BCUT2D eigenvalue weighted by Gasteiger charge is 2.40. The van der Waals surface area contributed by atoms with Crippen LogP contribution in [-0.4, -0.2) is 18.2 Å². The number of amides is 1. The van der Waals surface area contributed by atoms with Gasteiger partial charge in [0.15, 0.2) is 0 Å². The topological polar surface area (TPSA) is 38.3 Å². The van der Waals surface area contributed by atoms with Crippen LogP contribution >= 0.6 is 0 Å². The van der Waals surface area contributed by atoms with E-state index in [0.29, 0.717) is 18.2 Å². The molecule has 1 aromatic carbocycles. The van der Waals surface area contributed by atoms with E-state index in [2.05, 4.69) is 11.2 Å². The first kappa shape index (κ1) is 20.7. The molecular formula is C16H15F6NO2. The van der Waals surface area contributed by atoms with Gasteiger partial charge in [0.25, 0.3) is 0 Å². The number of alkyl halides is 6. The molecule has 0 aliphatic heterocycles. The van der Waals surface area contributed by atoms with Crippen molar-refractivity contribution in [3.8, 4) is 11.8 Å². The monoisotopic (exact) mass is 367 g/mol. The Morgan fingerprint density at radius 1 is 1.04 bits per heavy atom. The maximum atomic E-state index is 12.9. The summed E-state index contributed by atoms with van der Waals surface area (Å²) in [6.45, 7) is 4.30. The maximum Gasteiger partial charge on any atom is 0.417 e. The molecule has 9 heteroatoms. The van der Waals surface area contributed by atoms with Gasteiger partial charge in [-0.25, -0.2) is 4.79 Å². The van der Waals surface area contributed by atoms with Crippen molar-refractivity contribution in [1.82, 2.24) is 5.32 Å². The molecule has 1 rings (SSSR count). The molecule has 0 aliphatic carbocycles. The Hall–Kier alpha value is -2.37. The van der Waals surface area contributed by atoms with E-state index in [4.69, 9.17) is 4.74 Å². The van der Waals surface area contributed by atoms with Crippen LogP contribution in [0.4, 0.5) is 31.1 Å². The Balaban J connectivity index is 3.08. The molecule has 0 unspecified atom stereocenters. The quantitative estimate of drug-likeness (QED) is 0.582. The summed E-state index contributed by atoms with van der Waals surface area (Å²) in [5, 5.41) is 2.13. The Morgan fingerprint density at radius 3 is 1.92 bits per heavy atom. The van der Waals surface area contributed by atoms with Crippen molar-refractivity contribution < 1.29 is 35.9 Å². The van der Waals surface area contributed by atoms with Crippen LogP contribution in [0, 0.1) is 11.8 Å². The normalized spacial score (nSPS) is 12.2. The van der Waals surface area contributed by atoms with E-state index in [1.807, 2.05) is 5.92 Å². The number of carbonyl (C=O) groups excluding carboxylic acids is 1. The van der Waals surface area contributed by atoms with Crippen molar-refractivity contribution in [1.29, 1.82) is 0 Å². The van der Waals surface area contributed by atoms with Crippen molar-refractivity contribution in [3.05, 3.63) is 34.9 Å². The summed E-state index contributed by atoms with van der Waals surface area (Å²) in [5.74, 6) is 3.93. The van der Waals surface area contributed by atoms with Gasteiger partial charge in [-0.1, -0.05) is 17.9 Å². The SMILES string of the molecule is CC(C)(C)OC(=O)NCC#Cc1c(C(F)(F)F)cccc1C(F)(F)F. The summed E-state index contributed by atoms with van der Waals surface area (Å²) >= 11 is 0. The minimum Gasteiger partial charge on any atom is -0.444 e. The molecule has 138 valence electrons. The molecule has 1 aromatic rings. The first-order valence-electron chi connectivity index (χ1n) is 6.95. The van der Waals surface area contributed by atoms with Crippen molar-refractivity contribution in [3.63, 3.8) is 0 Å². The van der Waals surface area contributed by atoms with E-state index >= 15 is 0 Å². The fraction of sp³-hybridized carbons (Fsp3) is 0.438. The van der Waals surface area contributed by atoms with E-state index in [1.165, 1.54) is 0 Å². The average molecular weight is 367 g/mol. The molecule has 1 N–H and O–H groups in total. The van der Waals surface area contributed by atoms with Gasteiger partial charge in [-0.05, 0) is 32.9 Å². The molecular weight excluding hydrogens is 352 g/mol. The zero-order chi connectivity index (χ0) is 19.5. The Labute approximate surface area is 140 Å². The number of halogens is 6. The fourth-order valence-corrected chi connectivity index (χ4v) is 1.72. The lowest BCUT2D eigenvalue weighted by molar-refractivity contribution is -0.143. The van der Waals surface area contributed by atoms with Gasteiger partial charge in [-0.3, -0.25) is 0 Å². The van der Waals surface area contributed by atoms with Gasteiger partial charge in [0.2, 0.25) is 0 Å². The van der Waals surface area contributed by atoms with Crippen molar-refractivity contribution in [2.75, 3.05) is 6.54 Å². The summed E-state index contributed by atoms with van der Waals surface area (Å²) in [6, 6.07) is 1.69. The highest BCUT2D eigenvalue weighted by molar-refractivity contribution is 5.68. The van der Waals surface area contributed by atoms with Crippen LogP contribution in [0.15, 0.2) is 18.2 Å². The molecule has 0 aliphatic rings. The number of ether oxygens (including phenoxy) is 1. The number of nitrogens with one attached hydrogen (secondary N) is 1. The van der Waals surface area contributed by atoms with Crippen molar-refractivity contribution in [2.24, 2.45) is 0 Å². The number of hydrogen-bond acceptors (Lipinski definition) is 2. The van der Waals surface area contributed by atoms with Gasteiger partial charge in [-0.15, -0.1) is 0 Å². The van der Waals surface area contributed by atoms with Crippen LogP contribution in [0.1, 0.15) is 37.5 Å². The number of carbonyl (C=O) groups is 1. The minimum absolute atomic E-state index is 0.474. The van der Waals surface area contributed by atoms with Crippen LogP contribution in [0.5, 0.6) is 0 Å². The Bertz CT molecular complexity index is 658. The van der Waals surface area contributed by atoms with E-state index < -0.39 is 47.3 Å². The highest BCUT2D eigenvalue weighted by Crippen LogP contribution is 2.38. The van der Waals surface area contributed by atoms with Crippen LogP contribution in [0.3, 0.4) is 0 Å². The fourth-order valence-electron chi connectivity index (χ4n) is 1.72. The predicted octanol–water partition coefficient (Wildman–Crippen LogP) is 4.60. The molecule has 0 bridgehead atoms. The van der Waals surface area contributed by atoms with Crippen LogP contribution in [0.25, 0.3) is 0 Å². The summed E-state index contributed by atoms with van der Waals surface area (Å²) in [6.07, 6.45) is -10.9. The van der Waals surface area contributed by atoms with Crippen molar-refractivity contribution >= 4 is 6.09 Å². The lowest BCUT2D eigenvalue weighted by Gasteiger charge is -2.19. The summed E-state index contributed by atoms with van der Waals surface area (Å²) in [7, 11) is 0. The number of rotatable bonds is 1. The van der Waals surface area contributed by atoms with Gasteiger partial charge >= 0.3 is 18.4 Å². The lowest BCUT2D eigenvalue weighted by atomic mass is 10.0. The van der Waals surface area contributed by atoms with E-state index in [1.54, 1.807) is 20.8 Å². The first-order valence-corrected chi connectivity index (χ1v) is 6.95. The largest absolute Gasteiger partial charge is 0.444 e. The number of benzene rings is 1. The maximum absolute atomic E-state index is 12.9. The first-order chi connectivity index (χ1) is 11.2. The van der Waals surface area contributed by atoms with Crippen LogP contribution in [-0.2, 0) is 17.1 Å². The third-order valence-corrected chi connectivity index (χ3v) is 2.61. The van der Waals surface area contributed by atoms with E-state index in [9.17, 15) is 31.1 Å². The third kappa shape index (κ3) is 6.57. The molecule has 0 atom stereocenters. The second kappa shape index (κ2) is 7.25. The summed E-state index contributed by atoms with van der Waals surface area (Å²) in [5.41, 5.74) is -4.98. The van der Waals surface area contributed by atoms with Gasteiger partial charge in [-0.2, -0.15) is 26.3 Å². The Morgan fingerprint density at radius 2 is 1.52 bits per heavy atom. The van der Waals surface area contributed by atoms with Gasteiger partial charge in [0.1, 0.15) is 5.60 Å².